The van der Waals surface area contributed by atoms with Gasteiger partial charge < -0.3 is 20.3 Å². The van der Waals surface area contributed by atoms with Gasteiger partial charge in [0.15, 0.2) is 0 Å². The molecule has 0 aromatic heterocycles. The van der Waals surface area contributed by atoms with E-state index >= 15 is 0 Å². The van der Waals surface area contributed by atoms with Crippen molar-refractivity contribution in [1.82, 2.24) is 15.5 Å². The summed E-state index contributed by atoms with van der Waals surface area (Å²) < 4.78 is 28.9. The number of ether oxygens (including phenoxy) is 1. The van der Waals surface area contributed by atoms with E-state index in [1.807, 2.05) is 42.5 Å². The van der Waals surface area contributed by atoms with Crippen molar-refractivity contribution >= 4 is 33.3 Å². The smallest absolute Gasteiger partial charge is 0.289 e. The van der Waals surface area contributed by atoms with Crippen LogP contribution in [-0.2, 0) is 40.3 Å². The fourth-order valence-electron chi connectivity index (χ4n) is 3.80. The van der Waals surface area contributed by atoms with Gasteiger partial charge in [0.25, 0.3) is 5.91 Å². The molecule has 11 heteroatoms. The number of nitrogens with zero attached hydrogens (tertiary/aromatic N) is 1. The van der Waals surface area contributed by atoms with Crippen molar-refractivity contribution < 1.29 is 32.3 Å². The first-order valence-corrected chi connectivity index (χ1v) is 14.9. The maximum Gasteiger partial charge on any atom is 0.289 e. The summed E-state index contributed by atoms with van der Waals surface area (Å²) in [7, 11) is -3.58. The quantitative estimate of drug-likeness (QED) is 0.397. The van der Waals surface area contributed by atoms with E-state index in [0.29, 0.717) is 26.3 Å². The lowest BCUT2D eigenvalue weighted by molar-refractivity contribution is -0.141. The summed E-state index contributed by atoms with van der Waals surface area (Å²) in [4.78, 5) is 51.8. The fourth-order valence-corrected chi connectivity index (χ4v) is 4.80. The number of benzene rings is 2. The van der Waals surface area contributed by atoms with E-state index in [9.17, 15) is 27.6 Å². The molecule has 39 heavy (non-hydrogen) atoms. The lowest BCUT2D eigenvalue weighted by atomic mass is 10.0. The van der Waals surface area contributed by atoms with Crippen LogP contribution < -0.4 is 10.6 Å². The number of carbonyl (C=O) groups excluding carboxylic acids is 4. The van der Waals surface area contributed by atoms with Crippen molar-refractivity contribution in [1.29, 1.82) is 0 Å². The molecule has 0 spiro atoms. The van der Waals surface area contributed by atoms with Crippen LogP contribution in [0.15, 0.2) is 66.7 Å². The summed E-state index contributed by atoms with van der Waals surface area (Å²) in [6.07, 6.45) is 0.794. The molecule has 10 nitrogen and oxygen atoms in total. The van der Waals surface area contributed by atoms with Gasteiger partial charge in [-0.15, -0.1) is 0 Å². The zero-order chi connectivity index (χ0) is 28.7. The highest BCUT2D eigenvalue weighted by Gasteiger charge is 2.32. The van der Waals surface area contributed by atoms with Crippen molar-refractivity contribution in [2.24, 2.45) is 5.92 Å². The van der Waals surface area contributed by atoms with Crippen molar-refractivity contribution in [3.63, 3.8) is 0 Å². The van der Waals surface area contributed by atoms with E-state index in [1.54, 1.807) is 31.2 Å². The van der Waals surface area contributed by atoms with Crippen LogP contribution in [0.2, 0.25) is 0 Å². The first kappa shape index (κ1) is 31.6. The molecule has 1 saturated heterocycles. The third-order valence-corrected chi connectivity index (χ3v) is 6.89. The number of nitrogens with one attached hydrogen (secondary N) is 2. The van der Waals surface area contributed by atoms with Gasteiger partial charge >= 0.3 is 0 Å². The topological polar surface area (TPSA) is 139 Å². The van der Waals surface area contributed by atoms with Gasteiger partial charge in [-0.3, -0.25) is 19.2 Å². The molecular formula is C28H37N3O7S. The number of hydrogen-bond donors (Lipinski definition) is 2. The van der Waals surface area contributed by atoms with Crippen LogP contribution >= 0.6 is 0 Å². The van der Waals surface area contributed by atoms with Gasteiger partial charge in [-0.05, 0) is 12.0 Å². The third-order valence-electron chi connectivity index (χ3n) is 5.89. The van der Waals surface area contributed by atoms with Crippen LogP contribution in [0.1, 0.15) is 25.3 Å². The maximum atomic E-state index is 12.9. The first-order chi connectivity index (χ1) is 18.6. The van der Waals surface area contributed by atoms with Crippen LogP contribution in [0, 0.1) is 5.92 Å². The molecule has 2 atom stereocenters. The Hall–Kier alpha value is -3.57. The minimum Gasteiger partial charge on any atom is -0.378 e. The van der Waals surface area contributed by atoms with E-state index in [4.69, 9.17) is 4.74 Å². The van der Waals surface area contributed by atoms with Gasteiger partial charge in [0.05, 0.1) is 30.9 Å². The zero-order valence-corrected chi connectivity index (χ0v) is 23.2. The summed E-state index contributed by atoms with van der Waals surface area (Å²) >= 11 is 0. The second-order valence-electron chi connectivity index (χ2n) is 9.14. The van der Waals surface area contributed by atoms with E-state index in [1.165, 1.54) is 4.90 Å². The molecule has 3 amide bonds. The summed E-state index contributed by atoms with van der Waals surface area (Å²) in [5, 5.41) is 4.99. The average Bonchev–Trinajstić information content (AvgIpc) is 2.95. The molecule has 3 rings (SSSR count). The standard InChI is InChI=1S/C22H31N3O7S.C6H6/c1-3-18(20(27)22(29)23-14-16-7-5-4-6-8-16)24-21(28)17(15-33(2,30)31)13-19(26)25-9-11-32-12-10-25;1-2-4-6-5-3-1/h4-8,17-18H,3,9-15H2,1-2H3,(H,23,29)(H,24,28);1-6H. The first-order valence-electron chi connectivity index (χ1n) is 12.8. The maximum absolute atomic E-state index is 12.9. The van der Waals surface area contributed by atoms with Crippen LogP contribution in [0.3, 0.4) is 0 Å². The average molecular weight is 560 g/mol. The van der Waals surface area contributed by atoms with Crippen LogP contribution in [0.25, 0.3) is 0 Å². The number of morpholine rings is 1. The van der Waals surface area contributed by atoms with Gasteiger partial charge in [-0.1, -0.05) is 73.7 Å². The minimum atomic E-state index is -3.58. The van der Waals surface area contributed by atoms with Crippen molar-refractivity contribution in [3.05, 3.63) is 72.3 Å². The molecule has 1 fully saturated rings. The van der Waals surface area contributed by atoms with Crippen LogP contribution in [0.5, 0.6) is 0 Å². The predicted octanol–water partition coefficient (Wildman–Crippen LogP) is 1.36. The Kier molecular flexibility index (Phi) is 13.3. The number of hydrogen-bond acceptors (Lipinski definition) is 7. The number of amides is 3. The predicted molar refractivity (Wildman–Crippen MR) is 147 cm³/mol. The second kappa shape index (κ2) is 16.4. The largest absolute Gasteiger partial charge is 0.378 e. The SMILES string of the molecule is CCC(NC(=O)C(CC(=O)N1CCOCC1)CS(C)(=O)=O)C(=O)C(=O)NCc1ccccc1.c1ccccc1. The van der Waals surface area contributed by atoms with E-state index < -0.39 is 45.1 Å². The highest BCUT2D eigenvalue weighted by atomic mass is 32.2. The molecule has 1 aliphatic heterocycles. The zero-order valence-electron chi connectivity index (χ0n) is 22.4. The summed E-state index contributed by atoms with van der Waals surface area (Å²) in [5.74, 6) is -4.51. The Morgan fingerprint density at radius 2 is 1.46 bits per heavy atom. The Balaban J connectivity index is 0.000000780. The Bertz CT molecular complexity index is 1140. The second-order valence-corrected chi connectivity index (χ2v) is 11.3. The lowest BCUT2D eigenvalue weighted by Crippen LogP contribution is -2.50. The van der Waals surface area contributed by atoms with E-state index in [-0.39, 0.29) is 25.3 Å². The van der Waals surface area contributed by atoms with Gasteiger partial charge in [-0.2, -0.15) is 0 Å². The molecule has 2 aromatic carbocycles. The molecule has 1 heterocycles. The van der Waals surface area contributed by atoms with Gasteiger partial charge in [-0.25, -0.2) is 8.42 Å². The monoisotopic (exact) mass is 559 g/mol. The molecule has 0 saturated carbocycles. The third kappa shape index (κ3) is 12.2. The highest BCUT2D eigenvalue weighted by Crippen LogP contribution is 2.12. The van der Waals surface area contributed by atoms with Crippen LogP contribution in [0.4, 0.5) is 0 Å². The summed E-state index contributed by atoms with van der Waals surface area (Å²) in [6, 6.07) is 19.9. The molecule has 1 aliphatic rings. The van der Waals surface area contributed by atoms with E-state index in [0.717, 1.165) is 11.8 Å². The molecule has 212 valence electrons. The summed E-state index contributed by atoms with van der Waals surface area (Å²) in [5.41, 5.74) is 0.811. The Morgan fingerprint density at radius 3 is 1.97 bits per heavy atom. The van der Waals surface area contributed by atoms with Gasteiger partial charge in [0.1, 0.15) is 9.84 Å². The Morgan fingerprint density at radius 1 is 0.923 bits per heavy atom. The molecule has 2 N–H and O–H groups in total. The van der Waals surface area contributed by atoms with E-state index in [2.05, 4.69) is 10.6 Å². The number of sulfone groups is 1. The number of ketones is 1. The Labute approximate surface area is 230 Å². The molecule has 2 aromatic rings. The number of Topliss-reactive ketones (excluding diaryl/α,β-unsaturated/α-hetero) is 1. The molecule has 0 aliphatic carbocycles. The normalized spacial score (nSPS) is 14.7. The van der Waals surface area contributed by atoms with Crippen molar-refractivity contribution in [2.75, 3.05) is 38.3 Å². The van der Waals surface area contributed by atoms with Crippen LogP contribution in [-0.4, -0.2) is 81.2 Å². The number of carbonyl (C=O) groups is 4. The minimum absolute atomic E-state index is 0.131. The van der Waals surface area contributed by atoms with Crippen molar-refractivity contribution in [3.8, 4) is 0 Å². The molecule has 0 bridgehead atoms. The summed E-state index contributed by atoms with van der Waals surface area (Å²) in [6.45, 7) is 3.25. The molecular weight excluding hydrogens is 522 g/mol. The number of rotatable bonds is 11. The highest BCUT2D eigenvalue weighted by molar-refractivity contribution is 7.90. The van der Waals surface area contributed by atoms with Gasteiger partial charge in [0.2, 0.25) is 17.6 Å². The van der Waals surface area contributed by atoms with Gasteiger partial charge in [0, 0.05) is 32.3 Å². The molecule has 0 radical (unpaired) electrons. The fraction of sp³-hybridized carbons (Fsp3) is 0.429. The van der Waals surface area contributed by atoms with Crippen molar-refractivity contribution in [2.45, 2.75) is 32.4 Å². The lowest BCUT2D eigenvalue weighted by Gasteiger charge is -2.28. The molecule has 2 unspecified atom stereocenters.